The van der Waals surface area contributed by atoms with E-state index < -0.39 is 17.5 Å². The topological polar surface area (TPSA) is 114 Å². The molecular weight excluding hydrogens is 399 g/mol. The highest BCUT2D eigenvalue weighted by Crippen LogP contribution is 2.57. The molecule has 11 heteroatoms. The Kier molecular flexibility index (Phi) is 3.79. The molecule has 1 fully saturated rings. The number of carbonyl (C=O) groups excluding carboxylic acids is 1. The molecule has 30 heavy (non-hydrogen) atoms. The molecule has 0 aromatic carbocycles. The van der Waals surface area contributed by atoms with E-state index in [4.69, 9.17) is 5.73 Å². The van der Waals surface area contributed by atoms with Crippen molar-refractivity contribution in [3.8, 4) is 11.1 Å². The molecular formula is C19H16F3N7O. The van der Waals surface area contributed by atoms with E-state index in [2.05, 4.69) is 25.4 Å². The molecule has 0 bridgehead atoms. The lowest BCUT2D eigenvalue weighted by Gasteiger charge is -2.19. The van der Waals surface area contributed by atoms with Crippen molar-refractivity contribution < 1.29 is 18.0 Å². The van der Waals surface area contributed by atoms with Crippen LogP contribution in [0.3, 0.4) is 0 Å². The Morgan fingerprint density at radius 1 is 1.33 bits per heavy atom. The Labute approximate surface area is 167 Å². The molecule has 4 aromatic heterocycles. The van der Waals surface area contributed by atoms with Gasteiger partial charge in [0.2, 0.25) is 5.95 Å². The zero-order valence-corrected chi connectivity index (χ0v) is 15.5. The lowest BCUT2D eigenvalue weighted by atomic mass is 10.1. The molecule has 0 saturated heterocycles. The van der Waals surface area contributed by atoms with Gasteiger partial charge in [-0.3, -0.25) is 4.79 Å². The predicted octanol–water partition coefficient (Wildman–Crippen LogP) is 3.13. The molecule has 154 valence electrons. The van der Waals surface area contributed by atoms with Crippen molar-refractivity contribution in [2.24, 2.45) is 11.1 Å². The number of H-pyrrole nitrogens is 1. The van der Waals surface area contributed by atoms with E-state index in [1.165, 1.54) is 6.20 Å². The maximum absolute atomic E-state index is 13.1. The van der Waals surface area contributed by atoms with Gasteiger partial charge >= 0.3 is 6.18 Å². The number of fused-ring (bicyclic) bond motifs is 2. The van der Waals surface area contributed by atoms with Crippen molar-refractivity contribution in [2.75, 3.05) is 11.9 Å². The molecule has 8 nitrogen and oxygen atoms in total. The van der Waals surface area contributed by atoms with Gasteiger partial charge in [0.25, 0.3) is 5.91 Å². The van der Waals surface area contributed by atoms with Gasteiger partial charge in [0, 0.05) is 36.1 Å². The van der Waals surface area contributed by atoms with Crippen molar-refractivity contribution >= 4 is 28.4 Å². The molecule has 0 spiro atoms. The number of carbonyl (C=O) groups is 1. The first-order chi connectivity index (χ1) is 14.3. The van der Waals surface area contributed by atoms with Crippen LogP contribution in [0, 0.1) is 5.41 Å². The average Bonchev–Trinajstić information content (AvgIpc) is 3.22. The fraction of sp³-hybridized carbons (Fsp3) is 0.263. The van der Waals surface area contributed by atoms with Crippen LogP contribution in [0.2, 0.25) is 0 Å². The number of nitrogens with one attached hydrogen (secondary N) is 2. The lowest BCUT2D eigenvalue weighted by molar-refractivity contribution is -0.182. The fourth-order valence-corrected chi connectivity index (χ4v) is 3.53. The SMILES string of the molecule is NC(=O)c1cnn2ccc(-c3c[nH]c4nc(NCC5(C(F)(F)F)CC5)ncc34)cc12. The molecule has 4 heterocycles. The summed E-state index contributed by atoms with van der Waals surface area (Å²) < 4.78 is 40.8. The summed E-state index contributed by atoms with van der Waals surface area (Å²) in [4.78, 5) is 23.1. The number of primary amides is 1. The molecule has 4 N–H and O–H groups in total. The van der Waals surface area contributed by atoms with Crippen LogP contribution in [0.1, 0.15) is 23.2 Å². The average molecular weight is 415 g/mol. The van der Waals surface area contributed by atoms with Gasteiger partial charge in [0.15, 0.2) is 0 Å². The highest BCUT2D eigenvalue weighted by Gasteiger charge is 2.62. The number of hydrogen-bond acceptors (Lipinski definition) is 5. The van der Waals surface area contributed by atoms with Crippen LogP contribution < -0.4 is 11.1 Å². The Hall–Kier alpha value is -3.63. The van der Waals surface area contributed by atoms with Crippen molar-refractivity contribution in [1.82, 2.24) is 24.6 Å². The maximum atomic E-state index is 13.1. The Bertz CT molecular complexity index is 1290. The first-order valence-corrected chi connectivity index (χ1v) is 9.20. The highest BCUT2D eigenvalue weighted by molar-refractivity contribution is 6.01. The van der Waals surface area contributed by atoms with Crippen LogP contribution in [0.5, 0.6) is 0 Å². The van der Waals surface area contributed by atoms with Crippen LogP contribution in [-0.2, 0) is 0 Å². The molecule has 1 aliphatic rings. The van der Waals surface area contributed by atoms with Crippen molar-refractivity contribution in [3.63, 3.8) is 0 Å². The van der Waals surface area contributed by atoms with E-state index >= 15 is 0 Å². The van der Waals surface area contributed by atoms with E-state index in [0.29, 0.717) is 22.1 Å². The standard InChI is InChI=1S/C19H16F3N7O/c20-19(21,22)18(2-3-18)9-26-17-25-7-12-11(6-24-16(12)28-17)10-1-4-29-14(5-10)13(8-27-29)15(23)30/h1,4-8H,2-3,9H2,(H2,23,30)(H2,24,25,26,28). The number of amides is 1. The number of rotatable bonds is 5. The van der Waals surface area contributed by atoms with Gasteiger partial charge in [0.1, 0.15) is 5.65 Å². The molecule has 0 atom stereocenters. The Morgan fingerprint density at radius 2 is 2.13 bits per heavy atom. The number of aromatic nitrogens is 5. The smallest absolute Gasteiger partial charge is 0.365 e. The number of halogens is 3. The minimum Gasteiger partial charge on any atom is -0.365 e. The lowest BCUT2D eigenvalue weighted by Crippen LogP contribution is -2.31. The number of anilines is 1. The molecule has 0 unspecified atom stereocenters. The van der Waals surface area contributed by atoms with E-state index in [1.54, 1.807) is 29.2 Å². The molecule has 0 radical (unpaired) electrons. The third-order valence-corrected chi connectivity index (χ3v) is 5.57. The summed E-state index contributed by atoms with van der Waals surface area (Å²) in [7, 11) is 0. The van der Waals surface area contributed by atoms with Gasteiger partial charge in [-0.25, -0.2) is 9.50 Å². The Balaban J connectivity index is 1.45. The van der Waals surface area contributed by atoms with E-state index in [1.807, 2.05) is 6.07 Å². The van der Waals surface area contributed by atoms with Gasteiger partial charge in [-0.15, -0.1) is 0 Å². The second-order valence-electron chi connectivity index (χ2n) is 7.46. The van der Waals surface area contributed by atoms with E-state index in [0.717, 1.165) is 11.1 Å². The van der Waals surface area contributed by atoms with Gasteiger partial charge in [-0.05, 0) is 30.5 Å². The largest absolute Gasteiger partial charge is 0.396 e. The zero-order valence-electron chi connectivity index (χ0n) is 15.5. The number of nitrogens with two attached hydrogens (primary N) is 1. The maximum Gasteiger partial charge on any atom is 0.396 e. The second kappa shape index (κ2) is 6.18. The van der Waals surface area contributed by atoms with Gasteiger partial charge < -0.3 is 16.0 Å². The summed E-state index contributed by atoms with van der Waals surface area (Å²) in [5, 5.41) is 7.50. The molecule has 1 amide bonds. The van der Waals surface area contributed by atoms with Crippen molar-refractivity contribution in [2.45, 2.75) is 19.0 Å². The monoisotopic (exact) mass is 415 g/mol. The van der Waals surface area contributed by atoms with Gasteiger partial charge in [-0.1, -0.05) is 0 Å². The van der Waals surface area contributed by atoms with Gasteiger partial charge in [0.05, 0.1) is 22.7 Å². The van der Waals surface area contributed by atoms with Crippen LogP contribution in [-0.4, -0.2) is 43.2 Å². The Morgan fingerprint density at radius 3 is 2.83 bits per heavy atom. The third kappa shape index (κ3) is 2.85. The second-order valence-corrected chi connectivity index (χ2v) is 7.46. The number of nitrogens with zero attached hydrogens (tertiary/aromatic N) is 4. The van der Waals surface area contributed by atoms with Gasteiger partial charge in [-0.2, -0.15) is 23.3 Å². The summed E-state index contributed by atoms with van der Waals surface area (Å²) in [6.45, 7) is -0.247. The first kappa shape index (κ1) is 18.4. The summed E-state index contributed by atoms with van der Waals surface area (Å²) in [6.07, 6.45) is 2.39. The van der Waals surface area contributed by atoms with E-state index in [9.17, 15) is 18.0 Å². The van der Waals surface area contributed by atoms with Crippen LogP contribution in [0.4, 0.5) is 19.1 Å². The van der Waals surface area contributed by atoms with Crippen LogP contribution >= 0.6 is 0 Å². The summed E-state index contributed by atoms with van der Waals surface area (Å²) in [6, 6.07) is 3.60. The molecule has 1 aliphatic carbocycles. The van der Waals surface area contributed by atoms with Crippen molar-refractivity contribution in [3.05, 3.63) is 42.5 Å². The third-order valence-electron chi connectivity index (χ3n) is 5.57. The van der Waals surface area contributed by atoms with E-state index in [-0.39, 0.29) is 25.3 Å². The molecule has 0 aliphatic heterocycles. The summed E-state index contributed by atoms with van der Waals surface area (Å²) in [5.41, 5.74) is 6.65. The van der Waals surface area contributed by atoms with Crippen LogP contribution in [0.15, 0.2) is 36.9 Å². The summed E-state index contributed by atoms with van der Waals surface area (Å²) in [5.74, 6) is -0.443. The highest BCUT2D eigenvalue weighted by atomic mass is 19.4. The normalized spacial score (nSPS) is 15.6. The first-order valence-electron chi connectivity index (χ1n) is 9.20. The minimum absolute atomic E-state index is 0.114. The number of pyridine rings is 1. The summed E-state index contributed by atoms with van der Waals surface area (Å²) >= 11 is 0. The number of hydrogen-bond donors (Lipinski definition) is 3. The quantitative estimate of drug-likeness (QED) is 0.463. The number of alkyl halides is 3. The molecule has 5 rings (SSSR count). The zero-order chi connectivity index (χ0) is 21.1. The predicted molar refractivity (Wildman–Crippen MR) is 103 cm³/mol. The number of aromatic amines is 1. The molecule has 4 aromatic rings. The molecule has 1 saturated carbocycles. The minimum atomic E-state index is -4.24. The van der Waals surface area contributed by atoms with Crippen molar-refractivity contribution in [1.29, 1.82) is 0 Å². The van der Waals surface area contributed by atoms with Crippen LogP contribution in [0.25, 0.3) is 27.7 Å². The fourth-order valence-electron chi connectivity index (χ4n) is 3.53.